The van der Waals surface area contributed by atoms with Crippen molar-refractivity contribution in [3.05, 3.63) is 84.4 Å². The number of anilines is 2. The van der Waals surface area contributed by atoms with Gasteiger partial charge in [-0.3, -0.25) is 9.10 Å². The normalized spacial score (nSPS) is 10.8. The van der Waals surface area contributed by atoms with E-state index in [1.807, 2.05) is 0 Å². The van der Waals surface area contributed by atoms with Crippen LogP contribution < -0.4 is 14.4 Å². The number of esters is 1. The molecular weight excluding hydrogens is 432 g/mol. The molecule has 9 heteroatoms. The van der Waals surface area contributed by atoms with E-state index in [1.54, 1.807) is 54.6 Å². The summed E-state index contributed by atoms with van der Waals surface area (Å²) in [5.41, 5.74) is 0.985. The summed E-state index contributed by atoms with van der Waals surface area (Å²) in [4.78, 5) is 24.4. The van der Waals surface area contributed by atoms with Crippen LogP contribution in [0.1, 0.15) is 10.4 Å². The van der Waals surface area contributed by atoms with Crippen molar-refractivity contribution in [2.24, 2.45) is 0 Å². The number of hydrogen-bond donors (Lipinski definition) is 1. The Morgan fingerprint density at radius 2 is 1.66 bits per heavy atom. The lowest BCUT2D eigenvalue weighted by Crippen LogP contribution is -2.26. The molecule has 0 radical (unpaired) electrons. The minimum atomic E-state index is -3.89. The molecule has 0 spiro atoms. The number of amides is 1. The van der Waals surface area contributed by atoms with E-state index in [0.29, 0.717) is 17.1 Å². The Labute approximate surface area is 186 Å². The highest BCUT2D eigenvalue weighted by Gasteiger charge is 2.23. The van der Waals surface area contributed by atoms with Gasteiger partial charge in [-0.15, -0.1) is 0 Å². The van der Waals surface area contributed by atoms with Gasteiger partial charge in [-0.2, -0.15) is 0 Å². The van der Waals surface area contributed by atoms with Crippen molar-refractivity contribution in [3.8, 4) is 5.75 Å². The first-order chi connectivity index (χ1) is 15.3. The predicted molar refractivity (Wildman–Crippen MR) is 120 cm³/mol. The molecule has 0 aliphatic heterocycles. The van der Waals surface area contributed by atoms with Gasteiger partial charge in [0.15, 0.2) is 6.61 Å². The van der Waals surface area contributed by atoms with Crippen LogP contribution in [0.15, 0.2) is 83.8 Å². The molecule has 0 saturated carbocycles. The number of hydrogen-bond acceptors (Lipinski definition) is 6. The largest absolute Gasteiger partial charge is 0.497 e. The molecule has 0 fully saturated rings. The average molecular weight is 455 g/mol. The third-order valence-electron chi connectivity index (χ3n) is 4.54. The topological polar surface area (TPSA) is 102 Å². The van der Waals surface area contributed by atoms with Gasteiger partial charge >= 0.3 is 5.97 Å². The number of carbonyl (C=O) groups is 2. The average Bonchev–Trinajstić information content (AvgIpc) is 2.82. The fourth-order valence-corrected chi connectivity index (χ4v) is 4.07. The van der Waals surface area contributed by atoms with Crippen LogP contribution in [-0.4, -0.2) is 41.1 Å². The molecule has 0 saturated heterocycles. The number of carbonyl (C=O) groups excluding carboxylic acids is 2. The van der Waals surface area contributed by atoms with E-state index in [9.17, 15) is 18.0 Å². The molecule has 1 N–H and O–H groups in total. The molecule has 0 aromatic heterocycles. The van der Waals surface area contributed by atoms with Crippen LogP contribution in [0.5, 0.6) is 5.75 Å². The summed E-state index contributed by atoms with van der Waals surface area (Å²) < 4.78 is 37.1. The van der Waals surface area contributed by atoms with Crippen molar-refractivity contribution in [1.29, 1.82) is 0 Å². The van der Waals surface area contributed by atoms with Gasteiger partial charge in [-0.25, -0.2) is 13.2 Å². The van der Waals surface area contributed by atoms with Crippen molar-refractivity contribution in [2.45, 2.75) is 4.90 Å². The summed E-state index contributed by atoms with van der Waals surface area (Å²) in [6, 6.07) is 20.8. The van der Waals surface area contributed by atoms with Crippen LogP contribution in [0.4, 0.5) is 11.4 Å². The third kappa shape index (κ3) is 5.44. The molecule has 32 heavy (non-hydrogen) atoms. The maximum Gasteiger partial charge on any atom is 0.338 e. The van der Waals surface area contributed by atoms with Crippen molar-refractivity contribution in [2.75, 3.05) is 30.4 Å². The van der Waals surface area contributed by atoms with Crippen LogP contribution in [0, 0.1) is 0 Å². The third-order valence-corrected chi connectivity index (χ3v) is 6.32. The number of methoxy groups -OCH3 is 1. The van der Waals surface area contributed by atoms with E-state index >= 15 is 0 Å². The standard InChI is InChI=1S/C23H22N2O6S/c1-25(19-10-4-3-5-11-19)32(28,29)21-13-6-8-17(14-21)23(27)31-16-22(26)24-18-9-7-12-20(15-18)30-2/h3-15H,16H2,1-2H3,(H,24,26). The first-order valence-corrected chi connectivity index (χ1v) is 11.0. The molecule has 0 bridgehead atoms. The van der Waals surface area contributed by atoms with Gasteiger partial charge in [-0.05, 0) is 42.5 Å². The molecule has 0 aliphatic rings. The van der Waals surface area contributed by atoms with E-state index in [0.717, 1.165) is 4.31 Å². The Bertz CT molecular complexity index is 1210. The van der Waals surface area contributed by atoms with Crippen LogP contribution in [0.3, 0.4) is 0 Å². The zero-order valence-corrected chi connectivity index (χ0v) is 18.3. The first-order valence-electron chi connectivity index (χ1n) is 9.56. The number of rotatable bonds is 8. The van der Waals surface area contributed by atoms with Crippen LogP contribution in [-0.2, 0) is 19.6 Å². The highest BCUT2D eigenvalue weighted by atomic mass is 32.2. The maximum absolute atomic E-state index is 12.9. The summed E-state index contributed by atoms with van der Waals surface area (Å²) in [6.45, 7) is -0.531. The highest BCUT2D eigenvalue weighted by molar-refractivity contribution is 7.92. The zero-order chi connectivity index (χ0) is 23.1. The van der Waals surface area contributed by atoms with Gasteiger partial charge in [0.25, 0.3) is 15.9 Å². The Kier molecular flexibility index (Phi) is 7.11. The number of ether oxygens (including phenoxy) is 2. The Morgan fingerprint density at radius 1 is 0.938 bits per heavy atom. The van der Waals surface area contributed by atoms with Crippen molar-refractivity contribution in [3.63, 3.8) is 0 Å². The van der Waals surface area contributed by atoms with Crippen molar-refractivity contribution < 1.29 is 27.5 Å². The Balaban J connectivity index is 1.66. The lowest BCUT2D eigenvalue weighted by Gasteiger charge is -2.19. The van der Waals surface area contributed by atoms with E-state index in [-0.39, 0.29) is 10.5 Å². The number of para-hydroxylation sites is 1. The minimum Gasteiger partial charge on any atom is -0.497 e. The molecule has 166 valence electrons. The maximum atomic E-state index is 12.9. The second kappa shape index (κ2) is 9.97. The first kappa shape index (κ1) is 22.8. The monoisotopic (exact) mass is 454 g/mol. The Morgan fingerprint density at radius 3 is 2.38 bits per heavy atom. The van der Waals surface area contributed by atoms with Crippen LogP contribution >= 0.6 is 0 Å². The fourth-order valence-electron chi connectivity index (χ4n) is 2.83. The molecule has 3 rings (SSSR count). The molecule has 3 aromatic carbocycles. The summed E-state index contributed by atoms with van der Waals surface area (Å²) >= 11 is 0. The molecular formula is C23H22N2O6S. The van der Waals surface area contributed by atoms with Gasteiger partial charge in [0.05, 0.1) is 23.3 Å². The van der Waals surface area contributed by atoms with Gasteiger partial charge in [0.1, 0.15) is 5.75 Å². The molecule has 8 nitrogen and oxygen atoms in total. The number of sulfonamides is 1. The summed E-state index contributed by atoms with van der Waals surface area (Å²) in [5, 5.41) is 2.59. The van der Waals surface area contributed by atoms with Gasteiger partial charge < -0.3 is 14.8 Å². The fraction of sp³-hybridized carbons (Fsp3) is 0.130. The molecule has 0 heterocycles. The zero-order valence-electron chi connectivity index (χ0n) is 17.5. The molecule has 1 amide bonds. The quantitative estimate of drug-likeness (QED) is 0.524. The molecule has 3 aromatic rings. The summed E-state index contributed by atoms with van der Waals surface area (Å²) in [7, 11) is -0.955. The van der Waals surface area contributed by atoms with Gasteiger partial charge in [-0.1, -0.05) is 30.3 Å². The highest BCUT2D eigenvalue weighted by Crippen LogP contribution is 2.22. The molecule has 0 atom stereocenters. The lowest BCUT2D eigenvalue weighted by atomic mass is 10.2. The summed E-state index contributed by atoms with van der Waals surface area (Å²) in [5.74, 6) is -0.789. The second-order valence-corrected chi connectivity index (χ2v) is 8.66. The van der Waals surface area contributed by atoms with Crippen molar-refractivity contribution in [1.82, 2.24) is 0 Å². The van der Waals surface area contributed by atoms with Gasteiger partial charge in [0.2, 0.25) is 0 Å². The number of benzene rings is 3. The number of nitrogens with zero attached hydrogens (tertiary/aromatic N) is 1. The smallest absolute Gasteiger partial charge is 0.338 e. The minimum absolute atomic E-state index is 0.0155. The van der Waals surface area contributed by atoms with E-state index in [2.05, 4.69) is 5.32 Å². The van der Waals surface area contributed by atoms with Gasteiger partial charge in [0, 0.05) is 18.8 Å². The van der Waals surface area contributed by atoms with Crippen molar-refractivity contribution >= 4 is 33.3 Å². The predicted octanol–water partition coefficient (Wildman–Crippen LogP) is 3.32. The molecule has 0 aliphatic carbocycles. The van der Waals surface area contributed by atoms with E-state index in [1.165, 1.54) is 38.4 Å². The number of nitrogens with one attached hydrogen (secondary N) is 1. The van der Waals surface area contributed by atoms with E-state index < -0.39 is 28.5 Å². The lowest BCUT2D eigenvalue weighted by molar-refractivity contribution is -0.119. The van der Waals surface area contributed by atoms with E-state index in [4.69, 9.17) is 9.47 Å². The second-order valence-electron chi connectivity index (χ2n) is 6.69. The summed E-state index contributed by atoms with van der Waals surface area (Å²) in [6.07, 6.45) is 0. The molecule has 0 unspecified atom stereocenters. The SMILES string of the molecule is COc1cccc(NC(=O)COC(=O)c2cccc(S(=O)(=O)N(C)c3ccccc3)c2)c1. The van der Waals surface area contributed by atoms with Crippen LogP contribution in [0.25, 0.3) is 0 Å². The Hall–Kier alpha value is -3.85. The van der Waals surface area contributed by atoms with Crippen LogP contribution in [0.2, 0.25) is 0 Å².